The molecule has 0 saturated carbocycles. The molecule has 0 aliphatic carbocycles. The molecule has 0 radical (unpaired) electrons. The first-order valence-corrected chi connectivity index (χ1v) is 11.2. The number of benzene rings is 2. The molecular formula is C23H23N5O4S. The second-order valence-electron chi connectivity index (χ2n) is 6.81. The van der Waals surface area contributed by atoms with Crippen LogP contribution < -0.4 is 19.5 Å². The molecule has 0 aliphatic heterocycles. The molecule has 1 N–H and O–H groups in total. The van der Waals surface area contributed by atoms with Crippen LogP contribution in [0.15, 0.2) is 59.8 Å². The van der Waals surface area contributed by atoms with Crippen LogP contribution in [0.4, 0.5) is 5.69 Å². The third-order valence-electron chi connectivity index (χ3n) is 4.71. The molecule has 0 fully saturated rings. The highest BCUT2D eigenvalue weighted by atomic mass is 32.2. The number of hydrogen-bond acceptors (Lipinski definition) is 8. The number of fused-ring (bicyclic) bond motifs is 1. The van der Waals surface area contributed by atoms with E-state index in [9.17, 15) is 4.79 Å². The summed E-state index contributed by atoms with van der Waals surface area (Å²) in [5.41, 5.74) is 2.78. The van der Waals surface area contributed by atoms with Gasteiger partial charge in [-0.1, -0.05) is 23.9 Å². The van der Waals surface area contributed by atoms with Crippen molar-refractivity contribution in [3.63, 3.8) is 0 Å². The molecule has 0 saturated heterocycles. The molecule has 0 bridgehead atoms. The molecule has 4 aromatic rings. The lowest BCUT2D eigenvalue weighted by molar-refractivity contribution is -0.113. The molecule has 0 spiro atoms. The van der Waals surface area contributed by atoms with Crippen molar-refractivity contribution in [1.82, 2.24) is 19.8 Å². The Morgan fingerprint density at radius 1 is 1.00 bits per heavy atom. The number of anilines is 1. The van der Waals surface area contributed by atoms with E-state index in [4.69, 9.17) is 14.2 Å². The molecule has 0 unspecified atom stereocenters. The SMILES string of the molecule is CCOc1ccccc1NC(=O)CSc1nnc2ccc(-c3ccc(OC)c(OC)c3)nn12. The van der Waals surface area contributed by atoms with Crippen LogP contribution in [-0.2, 0) is 4.79 Å². The summed E-state index contributed by atoms with van der Waals surface area (Å²) in [6.07, 6.45) is 0. The molecular weight excluding hydrogens is 442 g/mol. The predicted molar refractivity (Wildman–Crippen MR) is 126 cm³/mol. The van der Waals surface area contributed by atoms with Crippen molar-refractivity contribution >= 4 is 29.0 Å². The molecule has 1 amide bonds. The Bertz CT molecular complexity index is 1280. The fraction of sp³-hybridized carbons (Fsp3) is 0.217. The highest BCUT2D eigenvalue weighted by Gasteiger charge is 2.14. The predicted octanol–water partition coefficient (Wildman–Crippen LogP) is 3.94. The number of para-hydroxylation sites is 2. The second-order valence-corrected chi connectivity index (χ2v) is 7.75. The van der Waals surface area contributed by atoms with E-state index in [2.05, 4.69) is 20.6 Å². The summed E-state index contributed by atoms with van der Waals surface area (Å²) in [6, 6.07) is 16.6. The molecule has 0 aliphatic rings. The third-order valence-corrected chi connectivity index (χ3v) is 5.63. The lowest BCUT2D eigenvalue weighted by Crippen LogP contribution is -2.15. The summed E-state index contributed by atoms with van der Waals surface area (Å²) in [6.45, 7) is 2.41. The van der Waals surface area contributed by atoms with Gasteiger partial charge < -0.3 is 19.5 Å². The zero-order valence-corrected chi connectivity index (χ0v) is 19.3. The fourth-order valence-electron chi connectivity index (χ4n) is 3.18. The van der Waals surface area contributed by atoms with E-state index >= 15 is 0 Å². The van der Waals surface area contributed by atoms with Crippen molar-refractivity contribution in [2.45, 2.75) is 12.1 Å². The van der Waals surface area contributed by atoms with E-state index in [1.807, 2.05) is 55.5 Å². The van der Waals surface area contributed by atoms with Gasteiger partial charge in [0.1, 0.15) is 5.75 Å². The second kappa shape index (κ2) is 10.2. The maximum atomic E-state index is 12.5. The topological polar surface area (TPSA) is 99.9 Å². The number of nitrogens with zero attached hydrogens (tertiary/aromatic N) is 4. The molecule has 170 valence electrons. The Kier molecular flexibility index (Phi) is 6.94. The summed E-state index contributed by atoms with van der Waals surface area (Å²) in [7, 11) is 3.18. The van der Waals surface area contributed by atoms with Gasteiger partial charge in [0.2, 0.25) is 11.1 Å². The Hall–Kier alpha value is -3.79. The first kappa shape index (κ1) is 22.4. The van der Waals surface area contributed by atoms with Gasteiger partial charge in [0, 0.05) is 5.56 Å². The third kappa shape index (κ3) is 5.01. The van der Waals surface area contributed by atoms with Crippen molar-refractivity contribution < 1.29 is 19.0 Å². The van der Waals surface area contributed by atoms with Crippen LogP contribution >= 0.6 is 11.8 Å². The number of carbonyl (C=O) groups is 1. The highest BCUT2D eigenvalue weighted by Crippen LogP contribution is 2.32. The maximum Gasteiger partial charge on any atom is 0.234 e. The van der Waals surface area contributed by atoms with E-state index in [0.29, 0.717) is 46.0 Å². The number of methoxy groups -OCH3 is 2. The molecule has 33 heavy (non-hydrogen) atoms. The Morgan fingerprint density at radius 3 is 2.61 bits per heavy atom. The summed E-state index contributed by atoms with van der Waals surface area (Å²) in [5, 5.41) is 16.4. The minimum atomic E-state index is -0.181. The zero-order chi connectivity index (χ0) is 23.2. The van der Waals surface area contributed by atoms with Gasteiger partial charge in [-0.05, 0) is 49.4 Å². The lowest BCUT2D eigenvalue weighted by atomic mass is 10.1. The van der Waals surface area contributed by atoms with Crippen molar-refractivity contribution in [3.8, 4) is 28.5 Å². The van der Waals surface area contributed by atoms with E-state index in [0.717, 1.165) is 5.56 Å². The molecule has 2 aromatic carbocycles. The van der Waals surface area contributed by atoms with Gasteiger partial charge in [-0.25, -0.2) is 0 Å². The minimum Gasteiger partial charge on any atom is -0.493 e. The van der Waals surface area contributed by atoms with E-state index in [1.165, 1.54) is 11.8 Å². The number of rotatable bonds is 9. The minimum absolute atomic E-state index is 0.142. The van der Waals surface area contributed by atoms with Gasteiger partial charge in [0.15, 0.2) is 17.1 Å². The summed E-state index contributed by atoms with van der Waals surface area (Å²) < 4.78 is 17.9. The maximum absolute atomic E-state index is 12.5. The van der Waals surface area contributed by atoms with Crippen LogP contribution in [0.5, 0.6) is 17.2 Å². The van der Waals surface area contributed by atoms with Gasteiger partial charge in [0.25, 0.3) is 0 Å². The van der Waals surface area contributed by atoms with E-state index in [1.54, 1.807) is 24.8 Å². The van der Waals surface area contributed by atoms with Crippen LogP contribution in [0, 0.1) is 0 Å². The van der Waals surface area contributed by atoms with Crippen LogP contribution in [-0.4, -0.2) is 52.3 Å². The largest absolute Gasteiger partial charge is 0.493 e. The number of aromatic nitrogens is 4. The first-order valence-electron chi connectivity index (χ1n) is 10.2. The molecule has 4 rings (SSSR count). The normalized spacial score (nSPS) is 10.8. The van der Waals surface area contributed by atoms with Crippen LogP contribution in [0.1, 0.15) is 6.92 Å². The zero-order valence-electron chi connectivity index (χ0n) is 18.4. The smallest absolute Gasteiger partial charge is 0.234 e. The number of hydrogen-bond donors (Lipinski definition) is 1. The molecule has 2 aromatic heterocycles. The Balaban J connectivity index is 1.51. The van der Waals surface area contributed by atoms with E-state index in [-0.39, 0.29) is 11.7 Å². The number of thioether (sulfide) groups is 1. The van der Waals surface area contributed by atoms with Crippen molar-refractivity contribution in [1.29, 1.82) is 0 Å². The molecule has 2 heterocycles. The average molecular weight is 466 g/mol. The number of amides is 1. The fourth-order valence-corrected chi connectivity index (χ4v) is 3.86. The number of ether oxygens (including phenoxy) is 3. The van der Waals surface area contributed by atoms with Gasteiger partial charge in [0.05, 0.1) is 38.0 Å². The van der Waals surface area contributed by atoms with Gasteiger partial charge in [-0.15, -0.1) is 10.2 Å². The number of carbonyl (C=O) groups excluding carboxylic acids is 1. The highest BCUT2D eigenvalue weighted by molar-refractivity contribution is 7.99. The molecule has 0 atom stereocenters. The summed E-state index contributed by atoms with van der Waals surface area (Å²) in [4.78, 5) is 12.5. The standard InChI is InChI=1S/C23H23N5O4S/c1-4-32-18-8-6-5-7-17(18)24-22(29)14-33-23-26-25-21-12-10-16(27-28(21)23)15-9-11-19(30-2)20(13-15)31-3/h5-13H,4,14H2,1-3H3,(H,24,29). The summed E-state index contributed by atoms with van der Waals surface area (Å²) >= 11 is 1.25. The van der Waals surface area contributed by atoms with Crippen LogP contribution in [0.2, 0.25) is 0 Å². The molecule has 9 nitrogen and oxygen atoms in total. The van der Waals surface area contributed by atoms with Gasteiger partial charge >= 0.3 is 0 Å². The van der Waals surface area contributed by atoms with Crippen LogP contribution in [0.3, 0.4) is 0 Å². The molecule has 10 heteroatoms. The number of nitrogens with one attached hydrogen (secondary N) is 1. The van der Waals surface area contributed by atoms with Crippen molar-refractivity contribution in [2.75, 3.05) is 31.9 Å². The van der Waals surface area contributed by atoms with Crippen molar-refractivity contribution in [2.24, 2.45) is 0 Å². The quantitative estimate of drug-likeness (QED) is 0.371. The Morgan fingerprint density at radius 2 is 1.82 bits per heavy atom. The van der Waals surface area contributed by atoms with Crippen molar-refractivity contribution in [3.05, 3.63) is 54.6 Å². The van der Waals surface area contributed by atoms with E-state index < -0.39 is 0 Å². The first-order chi connectivity index (χ1) is 16.1. The van der Waals surface area contributed by atoms with Gasteiger partial charge in [-0.3, -0.25) is 4.79 Å². The Labute approximate surface area is 195 Å². The average Bonchev–Trinajstić information content (AvgIpc) is 3.26. The van der Waals surface area contributed by atoms with Crippen LogP contribution in [0.25, 0.3) is 16.9 Å². The summed E-state index contributed by atoms with van der Waals surface area (Å²) in [5.74, 6) is 1.84. The lowest BCUT2D eigenvalue weighted by Gasteiger charge is -2.11. The van der Waals surface area contributed by atoms with Gasteiger partial charge in [-0.2, -0.15) is 9.61 Å². The monoisotopic (exact) mass is 465 g/mol.